The zero-order valence-corrected chi connectivity index (χ0v) is 8.31. The van der Waals surface area contributed by atoms with Crippen molar-refractivity contribution in [2.75, 3.05) is 13.2 Å². The van der Waals surface area contributed by atoms with Gasteiger partial charge in [-0.1, -0.05) is 12.8 Å². The van der Waals surface area contributed by atoms with Gasteiger partial charge in [-0.2, -0.15) is 17.9 Å². The summed E-state index contributed by atoms with van der Waals surface area (Å²) in [6, 6.07) is 0.0798. The molecule has 0 aromatic rings. The van der Waals surface area contributed by atoms with Crippen LogP contribution in [0.2, 0.25) is 0 Å². The Morgan fingerprint density at radius 1 is 1.31 bits per heavy atom. The van der Waals surface area contributed by atoms with E-state index in [1.165, 1.54) is 0 Å². The summed E-state index contributed by atoms with van der Waals surface area (Å²) in [5, 5.41) is 8.44. The highest BCUT2D eigenvalue weighted by molar-refractivity contribution is 7.87. The van der Waals surface area contributed by atoms with Gasteiger partial charge in [0.15, 0.2) is 0 Å². The zero-order valence-electron chi connectivity index (χ0n) is 7.49. The van der Waals surface area contributed by atoms with E-state index >= 15 is 0 Å². The van der Waals surface area contributed by atoms with E-state index < -0.39 is 10.2 Å². The molecular formula is C7H16N2O3S. The fourth-order valence-electron chi connectivity index (χ4n) is 1.48. The van der Waals surface area contributed by atoms with Crippen LogP contribution in [-0.2, 0) is 10.2 Å². The summed E-state index contributed by atoms with van der Waals surface area (Å²) in [7, 11) is -3.39. The summed E-state index contributed by atoms with van der Waals surface area (Å²) >= 11 is 0. The normalized spacial score (nSPS) is 19.5. The van der Waals surface area contributed by atoms with Gasteiger partial charge in [0.2, 0.25) is 0 Å². The van der Waals surface area contributed by atoms with Gasteiger partial charge in [0.1, 0.15) is 0 Å². The van der Waals surface area contributed by atoms with Crippen LogP contribution in [0.1, 0.15) is 25.7 Å². The molecule has 0 heterocycles. The largest absolute Gasteiger partial charge is 0.395 e. The van der Waals surface area contributed by atoms with E-state index in [1.807, 2.05) is 0 Å². The molecule has 5 nitrogen and oxygen atoms in total. The van der Waals surface area contributed by atoms with Crippen molar-refractivity contribution < 1.29 is 13.5 Å². The zero-order chi connectivity index (χ0) is 9.73. The monoisotopic (exact) mass is 208 g/mol. The van der Waals surface area contributed by atoms with Crippen LogP contribution in [0, 0.1) is 0 Å². The molecule has 6 heteroatoms. The van der Waals surface area contributed by atoms with Gasteiger partial charge < -0.3 is 5.11 Å². The maximum atomic E-state index is 11.2. The molecule has 0 aromatic heterocycles. The molecule has 0 bridgehead atoms. The summed E-state index contributed by atoms with van der Waals surface area (Å²) < 4.78 is 27.2. The molecule has 1 saturated carbocycles. The number of hydrogen-bond donors (Lipinski definition) is 3. The van der Waals surface area contributed by atoms with Crippen LogP contribution in [0.15, 0.2) is 0 Å². The molecule has 1 aliphatic rings. The molecule has 78 valence electrons. The molecule has 0 unspecified atom stereocenters. The van der Waals surface area contributed by atoms with Crippen LogP contribution in [0.25, 0.3) is 0 Å². The first-order chi connectivity index (χ1) is 6.14. The number of aliphatic hydroxyl groups excluding tert-OH is 1. The smallest absolute Gasteiger partial charge is 0.277 e. The molecule has 0 amide bonds. The Bertz CT molecular complexity index is 234. The van der Waals surface area contributed by atoms with Crippen molar-refractivity contribution in [2.45, 2.75) is 31.7 Å². The average molecular weight is 208 g/mol. The molecule has 0 aliphatic heterocycles. The quantitative estimate of drug-likeness (QED) is 0.561. The fourth-order valence-corrected chi connectivity index (χ4v) is 2.60. The second kappa shape index (κ2) is 4.90. The molecule has 0 radical (unpaired) electrons. The lowest BCUT2D eigenvalue weighted by atomic mass is 10.3. The molecule has 13 heavy (non-hydrogen) atoms. The standard InChI is InChI=1S/C7H16N2O3S/c10-6-5-8-13(11,12)9-7-3-1-2-4-7/h7-10H,1-6H2. The lowest BCUT2D eigenvalue weighted by Gasteiger charge is -2.12. The molecule has 0 spiro atoms. The first-order valence-electron chi connectivity index (χ1n) is 4.52. The van der Waals surface area contributed by atoms with Crippen LogP contribution in [0.3, 0.4) is 0 Å². The van der Waals surface area contributed by atoms with Gasteiger partial charge in [0.25, 0.3) is 10.2 Å². The van der Waals surface area contributed by atoms with E-state index in [-0.39, 0.29) is 19.2 Å². The molecule has 0 saturated heterocycles. The van der Waals surface area contributed by atoms with E-state index in [2.05, 4.69) is 9.44 Å². The first-order valence-corrected chi connectivity index (χ1v) is 6.00. The van der Waals surface area contributed by atoms with E-state index in [0.29, 0.717) is 0 Å². The molecule has 0 atom stereocenters. The highest BCUT2D eigenvalue weighted by Gasteiger charge is 2.20. The Balaban J connectivity index is 2.32. The summed E-state index contributed by atoms with van der Waals surface area (Å²) in [5.74, 6) is 0. The van der Waals surface area contributed by atoms with Crippen LogP contribution in [0.4, 0.5) is 0 Å². The Labute approximate surface area is 78.7 Å². The molecule has 0 aromatic carbocycles. The van der Waals surface area contributed by atoms with Crippen molar-refractivity contribution in [1.82, 2.24) is 9.44 Å². The van der Waals surface area contributed by atoms with Gasteiger partial charge in [-0.05, 0) is 12.8 Å². The van der Waals surface area contributed by atoms with Crippen molar-refractivity contribution in [1.29, 1.82) is 0 Å². The van der Waals surface area contributed by atoms with Crippen molar-refractivity contribution in [3.05, 3.63) is 0 Å². The Morgan fingerprint density at radius 2 is 1.92 bits per heavy atom. The third kappa shape index (κ3) is 4.04. The fraction of sp³-hybridized carbons (Fsp3) is 1.00. The Morgan fingerprint density at radius 3 is 2.46 bits per heavy atom. The maximum absolute atomic E-state index is 11.2. The van der Waals surface area contributed by atoms with E-state index in [4.69, 9.17) is 5.11 Å². The molecule has 3 N–H and O–H groups in total. The van der Waals surface area contributed by atoms with E-state index in [1.54, 1.807) is 0 Å². The van der Waals surface area contributed by atoms with Gasteiger partial charge in [-0.25, -0.2) is 0 Å². The van der Waals surface area contributed by atoms with Crippen molar-refractivity contribution in [3.8, 4) is 0 Å². The average Bonchev–Trinajstić information content (AvgIpc) is 2.52. The van der Waals surface area contributed by atoms with Crippen LogP contribution in [-0.4, -0.2) is 32.7 Å². The summed E-state index contributed by atoms with van der Waals surface area (Å²) in [4.78, 5) is 0. The minimum atomic E-state index is -3.39. The predicted molar refractivity (Wildman–Crippen MR) is 49.4 cm³/mol. The predicted octanol–water partition coefficient (Wildman–Crippen LogP) is -0.655. The third-order valence-corrected chi connectivity index (χ3v) is 3.31. The SMILES string of the molecule is O=S(=O)(NCCO)NC1CCCC1. The second-order valence-corrected chi connectivity index (χ2v) is 4.75. The van der Waals surface area contributed by atoms with Crippen LogP contribution < -0.4 is 9.44 Å². The van der Waals surface area contributed by atoms with Crippen molar-refractivity contribution in [2.24, 2.45) is 0 Å². The van der Waals surface area contributed by atoms with Gasteiger partial charge >= 0.3 is 0 Å². The number of rotatable bonds is 5. The highest BCUT2D eigenvalue weighted by Crippen LogP contribution is 2.17. The minimum absolute atomic E-state index is 0.0715. The van der Waals surface area contributed by atoms with Gasteiger partial charge in [-0.3, -0.25) is 0 Å². The number of nitrogens with one attached hydrogen (secondary N) is 2. The molecule has 1 rings (SSSR count). The highest BCUT2D eigenvalue weighted by atomic mass is 32.2. The lowest BCUT2D eigenvalue weighted by Crippen LogP contribution is -2.42. The number of hydrogen-bond acceptors (Lipinski definition) is 3. The van der Waals surface area contributed by atoms with E-state index in [0.717, 1.165) is 25.7 Å². The molecule has 1 aliphatic carbocycles. The first kappa shape index (κ1) is 10.9. The van der Waals surface area contributed by atoms with E-state index in [9.17, 15) is 8.42 Å². The lowest BCUT2D eigenvalue weighted by molar-refractivity contribution is 0.300. The van der Waals surface area contributed by atoms with Crippen LogP contribution in [0.5, 0.6) is 0 Å². The van der Waals surface area contributed by atoms with Crippen molar-refractivity contribution in [3.63, 3.8) is 0 Å². The second-order valence-electron chi connectivity index (χ2n) is 3.22. The summed E-state index contributed by atoms with van der Waals surface area (Å²) in [6.07, 6.45) is 4.01. The topological polar surface area (TPSA) is 78.4 Å². The minimum Gasteiger partial charge on any atom is -0.395 e. The Kier molecular flexibility index (Phi) is 4.11. The number of aliphatic hydroxyl groups is 1. The summed E-state index contributed by atoms with van der Waals surface area (Å²) in [5.41, 5.74) is 0. The molecular weight excluding hydrogens is 192 g/mol. The third-order valence-electron chi connectivity index (χ3n) is 2.08. The molecule has 1 fully saturated rings. The van der Waals surface area contributed by atoms with Gasteiger partial charge in [0.05, 0.1) is 6.61 Å². The van der Waals surface area contributed by atoms with Crippen LogP contribution >= 0.6 is 0 Å². The van der Waals surface area contributed by atoms with Crippen molar-refractivity contribution >= 4 is 10.2 Å². The van der Waals surface area contributed by atoms with Gasteiger partial charge in [-0.15, -0.1) is 0 Å². The van der Waals surface area contributed by atoms with Gasteiger partial charge in [0, 0.05) is 12.6 Å². The Hall–Kier alpha value is -0.170. The maximum Gasteiger partial charge on any atom is 0.277 e. The summed E-state index contributed by atoms with van der Waals surface area (Å²) in [6.45, 7) is -0.104.